The number of hydrogen-bond donors (Lipinski definition) is 0. The van der Waals surface area contributed by atoms with E-state index in [-0.39, 0.29) is 31.4 Å². The smallest absolute Gasteiger partial charge is 0.306 e. The number of halogens is 1. The van der Waals surface area contributed by atoms with Crippen molar-refractivity contribution in [3.63, 3.8) is 0 Å². The van der Waals surface area contributed by atoms with Crippen molar-refractivity contribution in [2.75, 3.05) is 13.7 Å². The lowest BCUT2D eigenvalue weighted by atomic mass is 9.77. The Morgan fingerprint density at radius 3 is 2.58 bits per heavy atom. The lowest BCUT2D eigenvalue weighted by molar-refractivity contribution is -0.154. The van der Waals surface area contributed by atoms with E-state index in [0.29, 0.717) is 41.1 Å². The predicted molar refractivity (Wildman–Crippen MR) is 159 cm³/mol. The van der Waals surface area contributed by atoms with Crippen molar-refractivity contribution in [1.82, 2.24) is 14.9 Å². The molecule has 234 valence electrons. The molecule has 1 aromatic heterocycles. The van der Waals surface area contributed by atoms with Crippen LogP contribution in [0.4, 0.5) is 4.39 Å². The van der Waals surface area contributed by atoms with E-state index in [0.717, 1.165) is 38.5 Å². The zero-order valence-electron chi connectivity index (χ0n) is 25.9. The summed E-state index contributed by atoms with van der Waals surface area (Å²) >= 11 is 0. The van der Waals surface area contributed by atoms with Crippen LogP contribution in [-0.4, -0.2) is 70.6 Å². The molecule has 6 atom stereocenters. The Hall–Kier alpha value is -3.30. The summed E-state index contributed by atoms with van der Waals surface area (Å²) in [6.07, 6.45) is 5.38. The summed E-state index contributed by atoms with van der Waals surface area (Å²) in [5.41, 5.74) is -0.957. The first kappa shape index (κ1) is 31.1. The van der Waals surface area contributed by atoms with Gasteiger partial charge in [0, 0.05) is 6.07 Å². The van der Waals surface area contributed by atoms with Crippen molar-refractivity contribution >= 4 is 29.2 Å². The molecular formula is C33H44FN3O6. The highest BCUT2D eigenvalue weighted by Gasteiger charge is 2.59. The average Bonchev–Trinajstić information content (AvgIpc) is 3.64. The summed E-state index contributed by atoms with van der Waals surface area (Å²) in [6.45, 7) is 7.09. The molecule has 1 amide bonds. The van der Waals surface area contributed by atoms with Gasteiger partial charge in [-0.25, -0.2) is 14.4 Å². The number of rotatable bonds is 3. The SMILES string of the molecule is CC[C@]1(F)[C@@H]2CN(C(=O)[C@H](C(C)(C)C)CC(=O)O[C@@H]3C[C@H]3CCCCCCc3nc4ccc(OC)cc4nc3O2)[C@@H]1C=O. The number of benzene rings is 1. The molecule has 2 aromatic rings. The number of aromatic nitrogens is 2. The number of amides is 1. The molecule has 5 rings (SSSR count). The van der Waals surface area contributed by atoms with Crippen LogP contribution in [0.15, 0.2) is 18.2 Å². The summed E-state index contributed by atoms with van der Waals surface area (Å²) in [7, 11) is 1.57. The molecule has 0 spiro atoms. The number of methoxy groups -OCH3 is 1. The lowest BCUT2D eigenvalue weighted by Gasteiger charge is -2.34. The van der Waals surface area contributed by atoms with Crippen LogP contribution in [0.5, 0.6) is 11.6 Å². The largest absolute Gasteiger partial charge is 0.497 e. The number of aryl methyl sites for hydroxylation is 1. The first-order chi connectivity index (χ1) is 20.5. The molecule has 1 saturated carbocycles. The van der Waals surface area contributed by atoms with E-state index in [4.69, 9.17) is 24.2 Å². The summed E-state index contributed by atoms with van der Waals surface area (Å²) in [5.74, 6) is -0.520. The van der Waals surface area contributed by atoms with E-state index in [1.807, 2.05) is 32.9 Å². The second-order valence-electron chi connectivity index (χ2n) is 13.4. The maximum atomic E-state index is 16.9. The third-order valence-electron chi connectivity index (χ3n) is 9.43. The van der Waals surface area contributed by atoms with E-state index >= 15 is 4.39 Å². The van der Waals surface area contributed by atoms with Gasteiger partial charge in [-0.3, -0.25) is 9.59 Å². The number of hydrogen-bond acceptors (Lipinski definition) is 8. The van der Waals surface area contributed by atoms with Gasteiger partial charge in [0.25, 0.3) is 0 Å². The third kappa shape index (κ3) is 6.48. The number of carbonyl (C=O) groups excluding carboxylic acids is 3. The number of fused-ring (bicyclic) bond motifs is 5. The van der Waals surface area contributed by atoms with Gasteiger partial charge in [-0.2, -0.15) is 0 Å². The first-order valence-electron chi connectivity index (χ1n) is 15.6. The van der Waals surface area contributed by atoms with Gasteiger partial charge < -0.3 is 23.9 Å². The second kappa shape index (κ2) is 12.4. The molecule has 1 aromatic carbocycles. The zero-order valence-corrected chi connectivity index (χ0v) is 25.9. The van der Waals surface area contributed by atoms with Crippen molar-refractivity contribution in [3.8, 4) is 11.6 Å². The van der Waals surface area contributed by atoms with Crippen LogP contribution in [-0.2, 0) is 25.5 Å². The first-order valence-corrected chi connectivity index (χ1v) is 15.6. The summed E-state index contributed by atoms with van der Waals surface area (Å²) in [6, 6.07) is 4.03. The van der Waals surface area contributed by atoms with Gasteiger partial charge in [0.2, 0.25) is 11.8 Å². The molecule has 1 aliphatic carbocycles. The number of ether oxygens (including phenoxy) is 3. The quantitative estimate of drug-likeness (QED) is 0.342. The van der Waals surface area contributed by atoms with Crippen molar-refractivity contribution < 1.29 is 33.0 Å². The minimum Gasteiger partial charge on any atom is -0.497 e. The number of carbonyl (C=O) groups is 3. The number of aldehydes is 1. The monoisotopic (exact) mass is 597 g/mol. The predicted octanol–water partition coefficient (Wildman–Crippen LogP) is 5.40. The van der Waals surface area contributed by atoms with Gasteiger partial charge in [0.15, 0.2) is 11.8 Å². The molecule has 3 aliphatic rings. The average molecular weight is 598 g/mol. The van der Waals surface area contributed by atoms with E-state index in [1.54, 1.807) is 20.1 Å². The fourth-order valence-corrected chi connectivity index (χ4v) is 6.52. The minimum absolute atomic E-state index is 0.0552. The highest BCUT2D eigenvalue weighted by atomic mass is 19.1. The van der Waals surface area contributed by atoms with Gasteiger partial charge in [0.1, 0.15) is 29.9 Å². The topological polar surface area (TPSA) is 108 Å². The molecule has 9 nitrogen and oxygen atoms in total. The van der Waals surface area contributed by atoms with Crippen molar-refractivity contribution in [2.24, 2.45) is 17.3 Å². The third-order valence-corrected chi connectivity index (χ3v) is 9.43. The molecular weight excluding hydrogens is 553 g/mol. The Kier molecular flexibility index (Phi) is 8.95. The van der Waals surface area contributed by atoms with Gasteiger partial charge in [0.05, 0.1) is 37.0 Å². The molecule has 2 bridgehead atoms. The van der Waals surface area contributed by atoms with Gasteiger partial charge in [-0.05, 0) is 55.6 Å². The van der Waals surface area contributed by atoms with Crippen LogP contribution in [0.1, 0.15) is 84.8 Å². The van der Waals surface area contributed by atoms with E-state index in [1.165, 1.54) is 4.90 Å². The Morgan fingerprint density at radius 1 is 1.12 bits per heavy atom. The fourth-order valence-electron chi connectivity index (χ4n) is 6.52. The molecule has 0 N–H and O–H groups in total. The van der Waals surface area contributed by atoms with Crippen LogP contribution in [0.3, 0.4) is 0 Å². The highest BCUT2D eigenvalue weighted by Crippen LogP contribution is 2.42. The van der Waals surface area contributed by atoms with Crippen molar-refractivity contribution in [2.45, 2.75) is 109 Å². The van der Waals surface area contributed by atoms with Crippen molar-refractivity contribution in [1.29, 1.82) is 0 Å². The number of esters is 1. The molecule has 0 radical (unpaired) electrons. The van der Waals surface area contributed by atoms with Crippen LogP contribution >= 0.6 is 0 Å². The number of nitrogens with zero attached hydrogens (tertiary/aromatic N) is 3. The minimum atomic E-state index is -2.16. The Bertz CT molecular complexity index is 1360. The molecule has 0 unspecified atom stereocenters. The van der Waals surface area contributed by atoms with Gasteiger partial charge >= 0.3 is 5.97 Å². The molecule has 43 heavy (non-hydrogen) atoms. The molecule has 2 fully saturated rings. The van der Waals surface area contributed by atoms with Crippen LogP contribution in [0.2, 0.25) is 0 Å². The van der Waals surface area contributed by atoms with Crippen LogP contribution in [0, 0.1) is 17.3 Å². The second-order valence-corrected chi connectivity index (χ2v) is 13.4. The maximum absolute atomic E-state index is 16.9. The maximum Gasteiger partial charge on any atom is 0.306 e. The standard InChI is InChI=1S/C33H44FN3O6/c1-6-33(34)27(19-38)37-18-28(33)43-30-24(35-23-14-13-21(41-5)16-25(23)36-30)12-10-8-7-9-11-20-15-26(20)42-29(39)17-22(31(37)40)32(2,3)4/h13-14,16,19-20,22,26-28H,6-12,15,17-18H2,1-5H3/t20-,22-,26-,27-,28+,33-/m1/s1. The summed E-state index contributed by atoms with van der Waals surface area (Å²) < 4.78 is 34.3. The Labute approximate surface area is 252 Å². The van der Waals surface area contributed by atoms with E-state index in [2.05, 4.69) is 0 Å². The zero-order chi connectivity index (χ0) is 30.9. The highest BCUT2D eigenvalue weighted by molar-refractivity contribution is 5.87. The Morgan fingerprint density at radius 2 is 1.88 bits per heavy atom. The lowest BCUT2D eigenvalue weighted by Crippen LogP contribution is -2.51. The molecule has 3 heterocycles. The van der Waals surface area contributed by atoms with Crippen LogP contribution in [0.25, 0.3) is 11.0 Å². The summed E-state index contributed by atoms with van der Waals surface area (Å²) in [5, 5.41) is 0. The van der Waals surface area contributed by atoms with Crippen LogP contribution < -0.4 is 9.47 Å². The fraction of sp³-hybridized carbons (Fsp3) is 0.667. The Balaban J connectivity index is 1.53. The van der Waals surface area contributed by atoms with E-state index < -0.39 is 41.0 Å². The van der Waals surface area contributed by atoms with Gasteiger partial charge in [-0.1, -0.05) is 47.0 Å². The number of alkyl halides is 1. The molecule has 10 heteroatoms. The van der Waals surface area contributed by atoms with E-state index in [9.17, 15) is 14.4 Å². The van der Waals surface area contributed by atoms with Gasteiger partial charge in [-0.15, -0.1) is 0 Å². The normalized spacial score (nSPS) is 30.7. The summed E-state index contributed by atoms with van der Waals surface area (Å²) in [4.78, 5) is 50.4. The van der Waals surface area contributed by atoms with Crippen molar-refractivity contribution in [3.05, 3.63) is 23.9 Å². The molecule has 1 saturated heterocycles. The molecule has 2 aliphatic heterocycles.